The van der Waals surface area contributed by atoms with E-state index >= 15 is 0 Å². The maximum absolute atomic E-state index is 12.0. The summed E-state index contributed by atoms with van der Waals surface area (Å²) in [6.07, 6.45) is 2.90. The summed E-state index contributed by atoms with van der Waals surface area (Å²) >= 11 is 5.80. The molecule has 0 saturated heterocycles. The Bertz CT molecular complexity index is 506. The summed E-state index contributed by atoms with van der Waals surface area (Å²) < 4.78 is 33.3. The average molecular weight is 275 g/mol. The van der Waals surface area contributed by atoms with Gasteiger partial charge in [0.2, 0.25) is 0 Å². The molecule has 4 nitrogen and oxygen atoms in total. The van der Waals surface area contributed by atoms with Crippen molar-refractivity contribution in [3.05, 3.63) is 41.6 Å². The standard InChI is InChI=1S/C11H9ClF2N2O2/c12-9-3-7(1-2-10(9)18-11(13)14)16-5-8-4-15-6-17-8/h1-4,6,11,16H,5H2. The van der Waals surface area contributed by atoms with Crippen LogP contribution in [0.4, 0.5) is 14.5 Å². The number of hydrogen-bond acceptors (Lipinski definition) is 4. The van der Waals surface area contributed by atoms with Crippen molar-refractivity contribution in [3.8, 4) is 5.75 Å². The van der Waals surface area contributed by atoms with E-state index in [9.17, 15) is 8.78 Å². The fourth-order valence-electron chi connectivity index (χ4n) is 1.32. The number of benzene rings is 1. The van der Waals surface area contributed by atoms with Crippen molar-refractivity contribution < 1.29 is 17.9 Å². The van der Waals surface area contributed by atoms with Crippen LogP contribution >= 0.6 is 11.6 Å². The Kier molecular flexibility index (Phi) is 3.99. The maximum atomic E-state index is 12.0. The van der Waals surface area contributed by atoms with Crippen LogP contribution in [0.15, 0.2) is 35.2 Å². The van der Waals surface area contributed by atoms with E-state index in [0.29, 0.717) is 18.0 Å². The number of alkyl halides is 2. The van der Waals surface area contributed by atoms with Crippen molar-refractivity contribution in [3.63, 3.8) is 0 Å². The minimum absolute atomic E-state index is 0.0584. The van der Waals surface area contributed by atoms with Crippen molar-refractivity contribution >= 4 is 17.3 Å². The van der Waals surface area contributed by atoms with Crippen LogP contribution in [0.5, 0.6) is 5.75 Å². The summed E-state index contributed by atoms with van der Waals surface area (Å²) in [7, 11) is 0. The number of anilines is 1. The number of nitrogens with zero attached hydrogens (tertiary/aromatic N) is 1. The number of oxazole rings is 1. The number of ether oxygens (including phenoxy) is 1. The highest BCUT2D eigenvalue weighted by molar-refractivity contribution is 6.32. The molecule has 1 N–H and O–H groups in total. The summed E-state index contributed by atoms with van der Waals surface area (Å²) in [5.74, 6) is 0.593. The first-order valence-corrected chi connectivity index (χ1v) is 5.38. The first-order valence-electron chi connectivity index (χ1n) is 5.01. The van der Waals surface area contributed by atoms with Crippen LogP contribution in [0.25, 0.3) is 0 Å². The van der Waals surface area contributed by atoms with E-state index in [0.717, 1.165) is 0 Å². The fraction of sp³-hybridized carbons (Fsp3) is 0.182. The Morgan fingerprint density at radius 1 is 1.44 bits per heavy atom. The van der Waals surface area contributed by atoms with Gasteiger partial charge >= 0.3 is 6.61 Å². The Morgan fingerprint density at radius 3 is 2.89 bits per heavy atom. The van der Waals surface area contributed by atoms with Gasteiger partial charge in [-0.05, 0) is 18.2 Å². The molecule has 1 heterocycles. The van der Waals surface area contributed by atoms with E-state index in [1.54, 1.807) is 12.3 Å². The molecule has 0 saturated carbocycles. The topological polar surface area (TPSA) is 47.3 Å². The molecular formula is C11H9ClF2N2O2. The summed E-state index contributed by atoms with van der Waals surface area (Å²) in [6, 6.07) is 4.45. The molecule has 0 atom stereocenters. The highest BCUT2D eigenvalue weighted by atomic mass is 35.5. The van der Waals surface area contributed by atoms with Crippen molar-refractivity contribution in [2.24, 2.45) is 0 Å². The highest BCUT2D eigenvalue weighted by Gasteiger charge is 2.09. The predicted octanol–water partition coefficient (Wildman–Crippen LogP) is 3.54. The van der Waals surface area contributed by atoms with Crippen LogP contribution in [-0.4, -0.2) is 11.6 Å². The van der Waals surface area contributed by atoms with Crippen LogP contribution < -0.4 is 10.1 Å². The molecule has 1 aromatic heterocycles. The summed E-state index contributed by atoms with van der Waals surface area (Å²) in [4.78, 5) is 3.76. The molecular weight excluding hydrogens is 266 g/mol. The second kappa shape index (κ2) is 5.68. The average Bonchev–Trinajstić information content (AvgIpc) is 2.82. The van der Waals surface area contributed by atoms with Gasteiger partial charge in [-0.1, -0.05) is 11.6 Å². The second-order valence-electron chi connectivity index (χ2n) is 3.35. The van der Waals surface area contributed by atoms with Gasteiger partial charge in [0, 0.05) is 5.69 Å². The van der Waals surface area contributed by atoms with Gasteiger partial charge in [0.05, 0.1) is 17.8 Å². The van der Waals surface area contributed by atoms with Gasteiger partial charge in [-0.25, -0.2) is 4.98 Å². The molecule has 1 aromatic carbocycles. The second-order valence-corrected chi connectivity index (χ2v) is 3.75. The van der Waals surface area contributed by atoms with E-state index in [4.69, 9.17) is 16.0 Å². The molecule has 0 spiro atoms. The molecule has 96 valence electrons. The first kappa shape index (κ1) is 12.6. The van der Waals surface area contributed by atoms with E-state index in [1.807, 2.05) is 0 Å². The smallest absolute Gasteiger partial charge is 0.387 e. The minimum Gasteiger partial charge on any atom is -0.447 e. The lowest BCUT2D eigenvalue weighted by Crippen LogP contribution is -2.03. The van der Waals surface area contributed by atoms with E-state index in [2.05, 4.69) is 15.0 Å². The third-order valence-corrected chi connectivity index (χ3v) is 2.39. The number of halogens is 3. The van der Waals surface area contributed by atoms with Crippen LogP contribution in [0.3, 0.4) is 0 Å². The Hall–Kier alpha value is -1.82. The van der Waals surface area contributed by atoms with Gasteiger partial charge in [-0.3, -0.25) is 0 Å². The molecule has 2 aromatic rings. The fourth-order valence-corrected chi connectivity index (χ4v) is 1.55. The van der Waals surface area contributed by atoms with Crippen LogP contribution in [0.2, 0.25) is 5.02 Å². The van der Waals surface area contributed by atoms with E-state index < -0.39 is 6.61 Å². The van der Waals surface area contributed by atoms with Crippen LogP contribution in [0, 0.1) is 0 Å². The zero-order valence-corrected chi connectivity index (χ0v) is 9.82. The third kappa shape index (κ3) is 3.33. The highest BCUT2D eigenvalue weighted by Crippen LogP contribution is 2.29. The number of aromatic nitrogens is 1. The Balaban J connectivity index is 2.00. The van der Waals surface area contributed by atoms with Gasteiger partial charge in [-0.15, -0.1) is 0 Å². The van der Waals surface area contributed by atoms with Crippen molar-refractivity contribution in [2.75, 3.05) is 5.32 Å². The van der Waals surface area contributed by atoms with Gasteiger partial charge in [-0.2, -0.15) is 8.78 Å². The molecule has 2 rings (SSSR count). The quantitative estimate of drug-likeness (QED) is 0.906. The number of hydrogen-bond donors (Lipinski definition) is 1. The van der Waals surface area contributed by atoms with Crippen molar-refractivity contribution in [1.29, 1.82) is 0 Å². The molecule has 0 aliphatic heterocycles. The van der Waals surface area contributed by atoms with Crippen LogP contribution in [-0.2, 0) is 6.54 Å². The summed E-state index contributed by atoms with van der Waals surface area (Å²) in [5.41, 5.74) is 0.665. The van der Waals surface area contributed by atoms with E-state index in [-0.39, 0.29) is 10.8 Å². The molecule has 18 heavy (non-hydrogen) atoms. The summed E-state index contributed by atoms with van der Waals surface area (Å²) in [5, 5.41) is 3.12. The van der Waals surface area contributed by atoms with Gasteiger partial charge in [0.15, 0.2) is 6.39 Å². The molecule has 0 bridgehead atoms. The van der Waals surface area contributed by atoms with Gasteiger partial charge in [0.1, 0.15) is 11.5 Å². The van der Waals surface area contributed by atoms with Crippen LogP contribution in [0.1, 0.15) is 5.76 Å². The lowest BCUT2D eigenvalue weighted by molar-refractivity contribution is -0.0497. The third-order valence-electron chi connectivity index (χ3n) is 2.10. The minimum atomic E-state index is -2.89. The Labute approximate surface area is 107 Å². The molecule has 0 unspecified atom stereocenters. The lowest BCUT2D eigenvalue weighted by atomic mass is 10.3. The largest absolute Gasteiger partial charge is 0.447 e. The number of nitrogens with one attached hydrogen (secondary N) is 1. The van der Waals surface area contributed by atoms with E-state index in [1.165, 1.54) is 18.5 Å². The maximum Gasteiger partial charge on any atom is 0.387 e. The van der Waals surface area contributed by atoms with Crippen molar-refractivity contribution in [1.82, 2.24) is 4.98 Å². The monoisotopic (exact) mass is 274 g/mol. The molecule has 7 heteroatoms. The lowest BCUT2D eigenvalue weighted by Gasteiger charge is -2.09. The molecule has 0 aliphatic carbocycles. The molecule has 0 aliphatic rings. The van der Waals surface area contributed by atoms with Crippen molar-refractivity contribution in [2.45, 2.75) is 13.2 Å². The molecule has 0 fully saturated rings. The zero-order valence-electron chi connectivity index (χ0n) is 9.07. The zero-order chi connectivity index (χ0) is 13.0. The first-order chi connectivity index (χ1) is 8.65. The SMILES string of the molecule is FC(F)Oc1ccc(NCc2cnco2)cc1Cl. The normalized spacial score (nSPS) is 10.7. The summed E-state index contributed by atoms with van der Waals surface area (Å²) in [6.45, 7) is -2.47. The number of rotatable bonds is 5. The van der Waals surface area contributed by atoms with Gasteiger partial charge in [0.25, 0.3) is 0 Å². The Morgan fingerprint density at radius 2 is 2.28 bits per heavy atom. The molecule has 0 amide bonds. The predicted molar refractivity (Wildman–Crippen MR) is 61.9 cm³/mol. The van der Waals surface area contributed by atoms with Gasteiger partial charge < -0.3 is 14.5 Å². The molecule has 0 radical (unpaired) electrons.